The third kappa shape index (κ3) is 3.47. The molecule has 0 unspecified atom stereocenters. The summed E-state index contributed by atoms with van der Waals surface area (Å²) in [6.45, 7) is 0. The summed E-state index contributed by atoms with van der Waals surface area (Å²) in [6, 6.07) is 40.1. The molecule has 0 saturated carbocycles. The molecule has 0 radical (unpaired) electrons. The number of ether oxygens (including phenoxy) is 1. The first-order valence-corrected chi connectivity index (χ1v) is 13.3. The number of para-hydroxylation sites is 1. The summed E-state index contributed by atoms with van der Waals surface area (Å²) in [6.07, 6.45) is 7.49. The molecule has 3 heterocycles. The highest BCUT2D eigenvalue weighted by molar-refractivity contribution is 6.13. The number of anilines is 3. The van der Waals surface area contributed by atoms with Crippen LogP contribution in [-0.2, 0) is 0 Å². The molecule has 1 aliphatic rings. The van der Waals surface area contributed by atoms with Crippen molar-refractivity contribution in [3.05, 3.63) is 140 Å². The van der Waals surface area contributed by atoms with Crippen LogP contribution >= 0.6 is 0 Å². The van der Waals surface area contributed by atoms with Crippen molar-refractivity contribution in [2.24, 2.45) is 0 Å². The quantitative estimate of drug-likeness (QED) is 0.236. The van der Waals surface area contributed by atoms with Gasteiger partial charge in [-0.2, -0.15) is 0 Å². The second kappa shape index (κ2) is 9.07. The van der Waals surface area contributed by atoms with E-state index < -0.39 is 0 Å². The van der Waals surface area contributed by atoms with Crippen LogP contribution in [0.5, 0.6) is 11.5 Å². The zero-order chi connectivity index (χ0) is 26.5. The molecule has 2 aromatic heterocycles. The molecule has 4 heteroatoms. The van der Waals surface area contributed by atoms with E-state index in [1.165, 1.54) is 0 Å². The molecular weight excluding hydrogens is 490 g/mol. The summed E-state index contributed by atoms with van der Waals surface area (Å²) < 4.78 is 6.67. The Balaban J connectivity index is 1.57. The van der Waals surface area contributed by atoms with Crippen molar-refractivity contribution in [3.63, 3.8) is 0 Å². The molecule has 7 aromatic rings. The third-order valence-corrected chi connectivity index (χ3v) is 7.60. The number of pyridine rings is 2. The summed E-state index contributed by atoms with van der Waals surface area (Å²) in [5.41, 5.74) is 7.33. The van der Waals surface area contributed by atoms with E-state index >= 15 is 0 Å². The first-order valence-electron chi connectivity index (χ1n) is 13.3. The van der Waals surface area contributed by atoms with Crippen molar-refractivity contribution < 1.29 is 4.74 Å². The van der Waals surface area contributed by atoms with Gasteiger partial charge in [-0.15, -0.1) is 0 Å². The molecule has 0 bridgehead atoms. The lowest BCUT2D eigenvalue weighted by Crippen LogP contribution is -2.18. The summed E-state index contributed by atoms with van der Waals surface area (Å²) in [7, 11) is 0. The Morgan fingerprint density at radius 1 is 0.450 bits per heavy atom. The Bertz CT molecular complexity index is 1890. The number of aromatic nitrogens is 2. The molecule has 0 saturated heterocycles. The molecule has 0 spiro atoms. The maximum Gasteiger partial charge on any atom is 0.152 e. The Labute approximate surface area is 231 Å². The lowest BCUT2D eigenvalue weighted by atomic mass is 9.93. The Morgan fingerprint density at radius 3 is 1.48 bits per heavy atom. The van der Waals surface area contributed by atoms with Gasteiger partial charge in [0.1, 0.15) is 0 Å². The van der Waals surface area contributed by atoms with E-state index in [1.54, 1.807) is 0 Å². The van der Waals surface area contributed by atoms with Gasteiger partial charge in [0.2, 0.25) is 0 Å². The molecule has 40 heavy (non-hydrogen) atoms. The molecule has 0 atom stereocenters. The van der Waals surface area contributed by atoms with Crippen LogP contribution in [0.15, 0.2) is 140 Å². The van der Waals surface area contributed by atoms with Gasteiger partial charge in [0.15, 0.2) is 11.5 Å². The van der Waals surface area contributed by atoms with Crippen LogP contribution in [0, 0.1) is 0 Å². The van der Waals surface area contributed by atoms with Gasteiger partial charge in [0.25, 0.3) is 0 Å². The number of rotatable bonds is 3. The molecule has 0 fully saturated rings. The second-order valence-electron chi connectivity index (χ2n) is 9.89. The summed E-state index contributed by atoms with van der Waals surface area (Å²) in [5, 5.41) is 4.55. The Morgan fingerprint density at radius 2 is 0.975 bits per heavy atom. The third-order valence-electron chi connectivity index (χ3n) is 7.60. The van der Waals surface area contributed by atoms with Gasteiger partial charge in [0, 0.05) is 57.8 Å². The zero-order valence-corrected chi connectivity index (χ0v) is 21.5. The van der Waals surface area contributed by atoms with Crippen molar-refractivity contribution in [2.45, 2.75) is 0 Å². The van der Waals surface area contributed by atoms with Gasteiger partial charge in [-0.1, -0.05) is 91.0 Å². The van der Waals surface area contributed by atoms with E-state index in [0.717, 1.165) is 72.4 Å². The van der Waals surface area contributed by atoms with Gasteiger partial charge in [0.05, 0.1) is 17.1 Å². The summed E-state index contributed by atoms with van der Waals surface area (Å²) >= 11 is 0. The standard InChI is InChI=1S/C36H23N3O/c1-3-12-28-24(8-1)16-18-32-35(28)39(36-29-13-4-2-9-25(29)17-19-33(36)40-32)34-30(26-10-6-20-37-22-26)14-5-15-31(34)27-11-7-21-38-23-27/h1-23H. The Kier molecular flexibility index (Phi) is 5.10. The Hall–Kier alpha value is -5.48. The molecule has 0 amide bonds. The number of hydrogen-bond donors (Lipinski definition) is 0. The molecule has 4 nitrogen and oxygen atoms in total. The number of benzene rings is 5. The van der Waals surface area contributed by atoms with E-state index in [9.17, 15) is 0 Å². The monoisotopic (exact) mass is 513 g/mol. The van der Waals surface area contributed by atoms with Crippen LogP contribution in [0.1, 0.15) is 0 Å². The fourth-order valence-corrected chi connectivity index (χ4v) is 5.84. The number of hydrogen-bond acceptors (Lipinski definition) is 4. The summed E-state index contributed by atoms with van der Waals surface area (Å²) in [5.74, 6) is 1.64. The van der Waals surface area contributed by atoms with E-state index in [0.29, 0.717) is 0 Å². The maximum absolute atomic E-state index is 6.67. The SMILES string of the molecule is c1cncc(-c2cccc(-c3cccnc3)c2N2c3c(ccc4ccccc34)Oc3ccc4ccccc4c32)c1. The van der Waals surface area contributed by atoms with Gasteiger partial charge >= 0.3 is 0 Å². The van der Waals surface area contributed by atoms with E-state index in [1.807, 2.05) is 36.9 Å². The predicted molar refractivity (Wildman–Crippen MR) is 163 cm³/mol. The van der Waals surface area contributed by atoms with Crippen LogP contribution in [0.2, 0.25) is 0 Å². The highest BCUT2D eigenvalue weighted by Crippen LogP contribution is 2.58. The zero-order valence-electron chi connectivity index (χ0n) is 21.5. The minimum absolute atomic E-state index is 0.819. The summed E-state index contributed by atoms with van der Waals surface area (Å²) in [4.78, 5) is 11.4. The number of nitrogens with zero attached hydrogens (tertiary/aromatic N) is 3. The average Bonchev–Trinajstić information content (AvgIpc) is 3.04. The van der Waals surface area contributed by atoms with Crippen LogP contribution in [-0.4, -0.2) is 9.97 Å². The molecule has 188 valence electrons. The molecule has 1 aliphatic heterocycles. The van der Waals surface area contributed by atoms with Crippen molar-refractivity contribution in [1.29, 1.82) is 0 Å². The molecular formula is C36H23N3O. The minimum atomic E-state index is 0.819. The topological polar surface area (TPSA) is 38.2 Å². The normalized spacial score (nSPS) is 12.2. The van der Waals surface area contributed by atoms with Crippen LogP contribution in [0.4, 0.5) is 17.1 Å². The van der Waals surface area contributed by atoms with Gasteiger partial charge in [-0.3, -0.25) is 9.97 Å². The molecule has 0 N–H and O–H groups in total. The second-order valence-corrected chi connectivity index (χ2v) is 9.89. The average molecular weight is 514 g/mol. The van der Waals surface area contributed by atoms with E-state index in [-0.39, 0.29) is 0 Å². The molecule has 8 rings (SSSR count). The predicted octanol–water partition coefficient (Wildman–Crippen LogP) is 9.69. The van der Waals surface area contributed by atoms with Crippen LogP contribution in [0.3, 0.4) is 0 Å². The van der Waals surface area contributed by atoms with Crippen LogP contribution < -0.4 is 9.64 Å². The van der Waals surface area contributed by atoms with Crippen molar-refractivity contribution in [2.75, 3.05) is 4.90 Å². The fraction of sp³-hybridized carbons (Fsp3) is 0. The molecule has 5 aromatic carbocycles. The van der Waals surface area contributed by atoms with Crippen molar-refractivity contribution in [3.8, 4) is 33.8 Å². The van der Waals surface area contributed by atoms with Gasteiger partial charge in [-0.25, -0.2) is 0 Å². The lowest BCUT2D eigenvalue weighted by Gasteiger charge is -2.37. The van der Waals surface area contributed by atoms with E-state index in [4.69, 9.17) is 4.74 Å². The highest BCUT2D eigenvalue weighted by Gasteiger charge is 2.32. The number of fused-ring (bicyclic) bond motifs is 6. The lowest BCUT2D eigenvalue weighted by molar-refractivity contribution is 0.479. The maximum atomic E-state index is 6.67. The largest absolute Gasteiger partial charge is 0.453 e. The fourth-order valence-electron chi connectivity index (χ4n) is 5.84. The van der Waals surface area contributed by atoms with Gasteiger partial charge < -0.3 is 9.64 Å². The van der Waals surface area contributed by atoms with Crippen molar-refractivity contribution in [1.82, 2.24) is 9.97 Å². The molecule has 0 aliphatic carbocycles. The van der Waals surface area contributed by atoms with Crippen molar-refractivity contribution >= 4 is 38.6 Å². The van der Waals surface area contributed by atoms with Crippen LogP contribution in [0.25, 0.3) is 43.8 Å². The smallest absolute Gasteiger partial charge is 0.152 e. The van der Waals surface area contributed by atoms with E-state index in [2.05, 4.69) is 118 Å². The first kappa shape index (κ1) is 22.5. The highest BCUT2D eigenvalue weighted by atomic mass is 16.5. The van der Waals surface area contributed by atoms with Gasteiger partial charge in [-0.05, 0) is 35.0 Å². The minimum Gasteiger partial charge on any atom is -0.453 e. The first-order chi connectivity index (χ1) is 19.9.